The third-order valence-corrected chi connectivity index (χ3v) is 3.22. The van der Waals surface area contributed by atoms with Gasteiger partial charge < -0.3 is 4.57 Å². The summed E-state index contributed by atoms with van der Waals surface area (Å²) < 4.78 is 2.00. The molecule has 1 aromatic carbocycles. The highest BCUT2D eigenvalue weighted by Crippen LogP contribution is 2.27. The number of rotatable bonds is 1. The van der Waals surface area contributed by atoms with E-state index < -0.39 is 0 Å². The highest BCUT2D eigenvalue weighted by atomic mass is 15.0. The molecule has 0 amide bonds. The van der Waals surface area contributed by atoms with Gasteiger partial charge in [0.2, 0.25) is 0 Å². The van der Waals surface area contributed by atoms with Gasteiger partial charge in [-0.15, -0.1) is 0 Å². The van der Waals surface area contributed by atoms with Gasteiger partial charge in [-0.1, -0.05) is 6.07 Å². The van der Waals surface area contributed by atoms with Crippen molar-refractivity contribution in [2.75, 3.05) is 0 Å². The Morgan fingerprint density at radius 3 is 2.58 bits per heavy atom. The maximum absolute atomic E-state index is 4.48. The molecule has 0 aliphatic carbocycles. The van der Waals surface area contributed by atoms with Gasteiger partial charge in [-0.2, -0.15) is 0 Å². The number of nitrogens with zero attached hydrogens (tertiary/aromatic N) is 4. The van der Waals surface area contributed by atoms with Crippen molar-refractivity contribution in [1.82, 2.24) is 19.5 Å². The van der Waals surface area contributed by atoms with E-state index in [0.717, 1.165) is 27.5 Å². The van der Waals surface area contributed by atoms with Gasteiger partial charge in [0.25, 0.3) is 0 Å². The van der Waals surface area contributed by atoms with Gasteiger partial charge in [-0.05, 0) is 24.3 Å². The fourth-order valence-electron chi connectivity index (χ4n) is 2.37. The van der Waals surface area contributed by atoms with Crippen LogP contribution in [0.15, 0.2) is 61.4 Å². The largest absolute Gasteiger partial charge is 0.306 e. The van der Waals surface area contributed by atoms with Gasteiger partial charge in [0, 0.05) is 35.6 Å². The van der Waals surface area contributed by atoms with E-state index >= 15 is 0 Å². The SMILES string of the molecule is c1cnc2c(c1)cc(-n1ccnc1)c1cccnc12. The predicted octanol–water partition coefficient (Wildman–Crippen LogP) is 2.97. The molecule has 0 fully saturated rings. The van der Waals surface area contributed by atoms with Crippen molar-refractivity contribution in [3.8, 4) is 5.69 Å². The Labute approximate surface area is 109 Å². The van der Waals surface area contributed by atoms with Crippen LogP contribution in [0.4, 0.5) is 0 Å². The van der Waals surface area contributed by atoms with E-state index in [1.54, 1.807) is 24.9 Å². The third kappa shape index (κ3) is 1.50. The maximum Gasteiger partial charge on any atom is 0.0991 e. The standard InChI is InChI=1S/C15H10N4/c1-3-11-9-13(19-8-7-16-10-19)12-4-2-6-18-15(12)14(11)17-5-1/h1-10H. The molecule has 19 heavy (non-hydrogen) atoms. The molecule has 0 unspecified atom stereocenters. The molecule has 4 nitrogen and oxygen atoms in total. The molecule has 4 aromatic rings. The van der Waals surface area contributed by atoms with E-state index in [1.807, 2.05) is 22.9 Å². The highest BCUT2D eigenvalue weighted by molar-refractivity contribution is 6.06. The van der Waals surface area contributed by atoms with Gasteiger partial charge in [-0.3, -0.25) is 9.97 Å². The number of fused-ring (bicyclic) bond motifs is 3. The van der Waals surface area contributed by atoms with Crippen LogP contribution in [0, 0.1) is 0 Å². The van der Waals surface area contributed by atoms with Crippen molar-refractivity contribution >= 4 is 21.8 Å². The topological polar surface area (TPSA) is 43.6 Å². The van der Waals surface area contributed by atoms with Crippen molar-refractivity contribution in [2.45, 2.75) is 0 Å². The van der Waals surface area contributed by atoms with E-state index in [-0.39, 0.29) is 0 Å². The molecular weight excluding hydrogens is 236 g/mol. The molecule has 0 aliphatic rings. The van der Waals surface area contributed by atoms with Crippen LogP contribution >= 0.6 is 0 Å². The molecule has 0 spiro atoms. The summed E-state index contributed by atoms with van der Waals surface area (Å²) in [5, 5.41) is 2.16. The van der Waals surface area contributed by atoms with E-state index in [0.29, 0.717) is 0 Å². The zero-order valence-electron chi connectivity index (χ0n) is 10.1. The summed E-state index contributed by atoms with van der Waals surface area (Å²) in [6.45, 7) is 0. The van der Waals surface area contributed by atoms with Crippen LogP contribution in [0.1, 0.15) is 0 Å². The molecule has 3 aromatic heterocycles. The lowest BCUT2D eigenvalue weighted by Gasteiger charge is -2.09. The first-order valence-electron chi connectivity index (χ1n) is 6.04. The monoisotopic (exact) mass is 246 g/mol. The Kier molecular flexibility index (Phi) is 2.08. The lowest BCUT2D eigenvalue weighted by molar-refractivity contribution is 1.07. The summed E-state index contributed by atoms with van der Waals surface area (Å²) in [6.07, 6.45) is 9.10. The Bertz CT molecular complexity index is 866. The summed E-state index contributed by atoms with van der Waals surface area (Å²) in [5.74, 6) is 0. The van der Waals surface area contributed by atoms with Crippen molar-refractivity contribution in [2.24, 2.45) is 0 Å². The van der Waals surface area contributed by atoms with Crippen LogP contribution in [0.25, 0.3) is 27.5 Å². The van der Waals surface area contributed by atoms with E-state index in [2.05, 4.69) is 33.2 Å². The van der Waals surface area contributed by atoms with Gasteiger partial charge in [-0.25, -0.2) is 4.98 Å². The number of aromatic nitrogens is 4. The quantitative estimate of drug-likeness (QED) is 0.485. The molecule has 0 N–H and O–H groups in total. The molecular formula is C15H10N4. The van der Waals surface area contributed by atoms with Crippen molar-refractivity contribution in [3.63, 3.8) is 0 Å². The van der Waals surface area contributed by atoms with Crippen molar-refractivity contribution in [3.05, 3.63) is 61.4 Å². The van der Waals surface area contributed by atoms with Crippen molar-refractivity contribution in [1.29, 1.82) is 0 Å². The minimum atomic E-state index is 0.921. The molecule has 0 radical (unpaired) electrons. The number of hydrogen-bond acceptors (Lipinski definition) is 3. The van der Waals surface area contributed by atoms with E-state index in [9.17, 15) is 0 Å². The molecule has 0 bridgehead atoms. The first-order chi connectivity index (χ1) is 9.43. The highest BCUT2D eigenvalue weighted by Gasteiger charge is 2.09. The first kappa shape index (κ1) is 10.2. The van der Waals surface area contributed by atoms with Crippen molar-refractivity contribution < 1.29 is 0 Å². The molecule has 90 valence electrons. The summed E-state index contributed by atoms with van der Waals surface area (Å²) in [6, 6.07) is 10.1. The molecule has 0 aliphatic heterocycles. The molecule has 4 rings (SSSR count). The molecule has 0 saturated carbocycles. The smallest absolute Gasteiger partial charge is 0.0991 e. The normalized spacial score (nSPS) is 11.2. The van der Waals surface area contributed by atoms with Gasteiger partial charge in [0.05, 0.1) is 23.0 Å². The summed E-state index contributed by atoms with van der Waals surface area (Å²) >= 11 is 0. The zero-order valence-corrected chi connectivity index (χ0v) is 10.1. The van der Waals surface area contributed by atoms with E-state index in [4.69, 9.17) is 0 Å². The number of pyridine rings is 2. The number of imidazole rings is 1. The van der Waals surface area contributed by atoms with Gasteiger partial charge >= 0.3 is 0 Å². The van der Waals surface area contributed by atoms with Gasteiger partial charge in [0.1, 0.15) is 0 Å². The van der Waals surface area contributed by atoms with Crippen LogP contribution in [-0.2, 0) is 0 Å². The van der Waals surface area contributed by atoms with Crippen LogP contribution in [0.3, 0.4) is 0 Å². The Balaban J connectivity index is 2.22. The minimum absolute atomic E-state index is 0.921. The first-order valence-corrected chi connectivity index (χ1v) is 6.04. The van der Waals surface area contributed by atoms with Crippen LogP contribution in [0.5, 0.6) is 0 Å². The lowest BCUT2D eigenvalue weighted by Crippen LogP contribution is -1.94. The summed E-state index contributed by atoms with van der Waals surface area (Å²) in [5.41, 5.74) is 2.92. The Morgan fingerprint density at radius 1 is 0.895 bits per heavy atom. The van der Waals surface area contributed by atoms with Crippen LogP contribution in [0.2, 0.25) is 0 Å². The summed E-state index contributed by atoms with van der Waals surface area (Å²) in [7, 11) is 0. The number of benzene rings is 1. The molecule has 4 heteroatoms. The minimum Gasteiger partial charge on any atom is -0.306 e. The fraction of sp³-hybridized carbons (Fsp3) is 0. The second kappa shape index (κ2) is 3.88. The zero-order chi connectivity index (χ0) is 12.7. The van der Waals surface area contributed by atoms with E-state index in [1.165, 1.54) is 0 Å². The van der Waals surface area contributed by atoms with Gasteiger partial charge in [0.15, 0.2) is 0 Å². The Hall–Kier alpha value is -2.75. The average Bonchev–Trinajstić information content (AvgIpc) is 3.00. The predicted molar refractivity (Wildman–Crippen MR) is 74.2 cm³/mol. The van der Waals surface area contributed by atoms with Crippen LogP contribution < -0.4 is 0 Å². The maximum atomic E-state index is 4.48. The average molecular weight is 246 g/mol. The lowest BCUT2D eigenvalue weighted by atomic mass is 10.1. The summed E-state index contributed by atoms with van der Waals surface area (Å²) in [4.78, 5) is 13.0. The molecule has 0 saturated heterocycles. The molecule has 0 atom stereocenters. The second-order valence-electron chi connectivity index (χ2n) is 4.34. The third-order valence-electron chi connectivity index (χ3n) is 3.22. The Morgan fingerprint density at radius 2 is 1.74 bits per heavy atom. The second-order valence-corrected chi connectivity index (χ2v) is 4.34. The molecule has 3 heterocycles. The fourth-order valence-corrected chi connectivity index (χ4v) is 2.37. The number of hydrogen-bond donors (Lipinski definition) is 0. The van der Waals surface area contributed by atoms with Crippen LogP contribution in [-0.4, -0.2) is 19.5 Å².